The van der Waals surface area contributed by atoms with Crippen molar-refractivity contribution in [1.29, 1.82) is 0 Å². The molecule has 32 heavy (non-hydrogen) atoms. The zero-order chi connectivity index (χ0) is 22.6. The standard InChI is InChI=1S/C26H32BrN3O2/c1-16-4-7-22-21(10-16)28-25(26(2,3)32)30(22)23-8-9-29(15-24(23)31)14-17-11-18-5-6-20(27)13-19(18)12-17/h4-7,10,13,17,23-24,31-32H,8-9,11-12,14-15H2,1-3H3/t17-,23+,24-/m0/s1. The van der Waals surface area contributed by atoms with Crippen LogP contribution >= 0.6 is 15.9 Å². The van der Waals surface area contributed by atoms with Gasteiger partial charge in [-0.25, -0.2) is 4.98 Å². The van der Waals surface area contributed by atoms with E-state index in [-0.39, 0.29) is 6.04 Å². The van der Waals surface area contributed by atoms with Gasteiger partial charge in [0.2, 0.25) is 0 Å². The van der Waals surface area contributed by atoms with Crippen LogP contribution in [0.15, 0.2) is 40.9 Å². The summed E-state index contributed by atoms with van der Waals surface area (Å²) < 4.78 is 3.25. The summed E-state index contributed by atoms with van der Waals surface area (Å²) in [6, 6.07) is 12.7. The summed E-state index contributed by atoms with van der Waals surface area (Å²) in [5, 5.41) is 22.0. The molecule has 5 nitrogen and oxygen atoms in total. The van der Waals surface area contributed by atoms with Gasteiger partial charge in [-0.3, -0.25) is 0 Å². The second-order valence-corrected chi connectivity index (χ2v) is 11.1. The molecule has 0 spiro atoms. The number of β-amino-alcohol motifs (C(OH)–C–C–N with tert-alkyl or cyclic N) is 1. The lowest BCUT2D eigenvalue weighted by Gasteiger charge is -2.39. The summed E-state index contributed by atoms with van der Waals surface area (Å²) in [4.78, 5) is 7.19. The summed E-state index contributed by atoms with van der Waals surface area (Å²) in [7, 11) is 0. The smallest absolute Gasteiger partial charge is 0.141 e. The first-order chi connectivity index (χ1) is 15.2. The molecule has 0 unspecified atom stereocenters. The molecule has 1 fully saturated rings. The second-order valence-electron chi connectivity index (χ2n) is 10.2. The third-order valence-electron chi connectivity index (χ3n) is 7.06. The van der Waals surface area contributed by atoms with E-state index >= 15 is 0 Å². The van der Waals surface area contributed by atoms with Crippen molar-refractivity contribution < 1.29 is 10.2 Å². The fourth-order valence-electron chi connectivity index (χ4n) is 5.60. The average Bonchev–Trinajstić information content (AvgIpc) is 3.28. The van der Waals surface area contributed by atoms with Crippen LogP contribution in [0.1, 0.15) is 48.8 Å². The first kappa shape index (κ1) is 22.1. The van der Waals surface area contributed by atoms with Gasteiger partial charge in [0.25, 0.3) is 0 Å². The highest BCUT2D eigenvalue weighted by molar-refractivity contribution is 9.10. The predicted octanol–water partition coefficient (Wildman–Crippen LogP) is 4.36. The van der Waals surface area contributed by atoms with Crippen molar-refractivity contribution in [3.8, 4) is 0 Å². The maximum Gasteiger partial charge on any atom is 0.141 e. The van der Waals surface area contributed by atoms with E-state index in [1.807, 2.05) is 0 Å². The van der Waals surface area contributed by atoms with Crippen LogP contribution < -0.4 is 0 Å². The number of benzene rings is 2. The molecule has 170 valence electrons. The number of likely N-dealkylation sites (tertiary alicyclic amines) is 1. The molecule has 2 aliphatic rings. The highest BCUT2D eigenvalue weighted by Crippen LogP contribution is 2.35. The lowest BCUT2D eigenvalue weighted by atomic mass is 9.97. The van der Waals surface area contributed by atoms with E-state index in [1.165, 1.54) is 11.1 Å². The molecule has 0 radical (unpaired) electrons. The molecule has 0 bridgehead atoms. The van der Waals surface area contributed by atoms with E-state index in [4.69, 9.17) is 4.98 Å². The number of hydrogen-bond acceptors (Lipinski definition) is 4. The normalized spacial score (nSPS) is 24.2. The molecule has 1 aliphatic carbocycles. The number of piperidine rings is 1. The largest absolute Gasteiger partial charge is 0.390 e. The zero-order valence-corrected chi connectivity index (χ0v) is 20.6. The second kappa shape index (κ2) is 8.24. The number of hydrogen-bond donors (Lipinski definition) is 2. The third kappa shape index (κ3) is 4.14. The van der Waals surface area contributed by atoms with Crippen LogP contribution in [0.4, 0.5) is 0 Å². The zero-order valence-electron chi connectivity index (χ0n) is 19.1. The van der Waals surface area contributed by atoms with E-state index < -0.39 is 11.7 Å². The summed E-state index contributed by atoms with van der Waals surface area (Å²) >= 11 is 3.59. The average molecular weight is 498 g/mol. The van der Waals surface area contributed by atoms with Crippen LogP contribution in [0.5, 0.6) is 0 Å². The molecule has 2 heterocycles. The SMILES string of the molecule is Cc1ccc2c(c1)nc(C(C)(C)O)n2[C@@H]1CCN(C[C@H]2Cc3ccc(Br)cc3C2)C[C@@H]1O. The topological polar surface area (TPSA) is 61.5 Å². The van der Waals surface area contributed by atoms with Crippen molar-refractivity contribution in [2.24, 2.45) is 5.92 Å². The van der Waals surface area contributed by atoms with Gasteiger partial charge in [-0.1, -0.05) is 28.1 Å². The molecule has 2 aromatic carbocycles. The molecule has 6 heteroatoms. The number of rotatable bonds is 4. The summed E-state index contributed by atoms with van der Waals surface area (Å²) in [6.45, 7) is 8.20. The van der Waals surface area contributed by atoms with Gasteiger partial charge >= 0.3 is 0 Å². The number of aromatic nitrogens is 2. The Morgan fingerprint density at radius 2 is 1.91 bits per heavy atom. The van der Waals surface area contributed by atoms with Crippen molar-refractivity contribution in [2.75, 3.05) is 19.6 Å². The number of nitrogens with zero attached hydrogens (tertiary/aromatic N) is 3. The van der Waals surface area contributed by atoms with Crippen molar-refractivity contribution in [3.05, 3.63) is 63.4 Å². The molecule has 3 atom stereocenters. The van der Waals surface area contributed by atoms with Gasteiger partial charge in [-0.2, -0.15) is 0 Å². The van der Waals surface area contributed by atoms with Gasteiger partial charge < -0.3 is 19.7 Å². The quantitative estimate of drug-likeness (QED) is 0.562. The van der Waals surface area contributed by atoms with Gasteiger partial charge in [0.1, 0.15) is 11.4 Å². The van der Waals surface area contributed by atoms with Crippen LogP contribution in [-0.4, -0.2) is 50.4 Å². The summed E-state index contributed by atoms with van der Waals surface area (Å²) in [6.07, 6.45) is 2.57. The molecule has 0 saturated carbocycles. The van der Waals surface area contributed by atoms with Crippen LogP contribution in [0.25, 0.3) is 11.0 Å². The van der Waals surface area contributed by atoms with E-state index in [2.05, 4.69) is 68.7 Å². The molecule has 5 rings (SSSR count). The Morgan fingerprint density at radius 1 is 1.12 bits per heavy atom. The van der Waals surface area contributed by atoms with Gasteiger partial charge in [0, 0.05) is 24.1 Å². The van der Waals surface area contributed by atoms with Crippen molar-refractivity contribution in [2.45, 2.75) is 57.8 Å². The van der Waals surface area contributed by atoms with Gasteiger partial charge in [0.15, 0.2) is 0 Å². The van der Waals surface area contributed by atoms with E-state index in [0.717, 1.165) is 53.4 Å². The number of aryl methyl sites for hydroxylation is 1. The summed E-state index contributed by atoms with van der Waals surface area (Å²) in [5.41, 5.74) is 4.85. The highest BCUT2D eigenvalue weighted by atomic mass is 79.9. The number of aliphatic hydroxyl groups is 2. The predicted molar refractivity (Wildman–Crippen MR) is 131 cm³/mol. The Balaban J connectivity index is 1.34. The van der Waals surface area contributed by atoms with Gasteiger partial charge in [-0.15, -0.1) is 0 Å². The Kier molecular flexibility index (Phi) is 5.69. The minimum Gasteiger partial charge on any atom is -0.390 e. The van der Waals surface area contributed by atoms with Crippen molar-refractivity contribution in [1.82, 2.24) is 14.5 Å². The molecule has 1 aromatic heterocycles. The Hall–Kier alpha value is -1.73. The first-order valence-electron chi connectivity index (χ1n) is 11.6. The highest BCUT2D eigenvalue weighted by Gasteiger charge is 2.36. The molecule has 1 aliphatic heterocycles. The lowest BCUT2D eigenvalue weighted by Crippen LogP contribution is -2.47. The Morgan fingerprint density at radius 3 is 2.66 bits per heavy atom. The molecule has 3 aromatic rings. The van der Waals surface area contributed by atoms with Crippen LogP contribution in [0.2, 0.25) is 0 Å². The molecule has 1 saturated heterocycles. The van der Waals surface area contributed by atoms with Crippen LogP contribution in [0, 0.1) is 12.8 Å². The fourth-order valence-corrected chi connectivity index (χ4v) is 6.01. The molecular formula is C26H32BrN3O2. The Bertz CT molecular complexity index is 1150. The minimum atomic E-state index is -1.08. The molecular weight excluding hydrogens is 466 g/mol. The van der Waals surface area contributed by atoms with E-state index in [0.29, 0.717) is 18.3 Å². The first-order valence-corrected chi connectivity index (χ1v) is 12.4. The maximum atomic E-state index is 11.2. The van der Waals surface area contributed by atoms with Crippen LogP contribution in [0.3, 0.4) is 0 Å². The van der Waals surface area contributed by atoms with Gasteiger partial charge in [-0.05, 0) is 86.9 Å². The molecule has 0 amide bonds. The maximum absolute atomic E-state index is 11.2. The molecule has 2 N–H and O–H groups in total. The Labute approximate surface area is 198 Å². The van der Waals surface area contributed by atoms with E-state index in [9.17, 15) is 10.2 Å². The van der Waals surface area contributed by atoms with Crippen molar-refractivity contribution >= 4 is 27.0 Å². The third-order valence-corrected chi connectivity index (χ3v) is 7.55. The lowest BCUT2D eigenvalue weighted by molar-refractivity contribution is 0.0119. The number of aliphatic hydroxyl groups excluding tert-OH is 1. The summed E-state index contributed by atoms with van der Waals surface area (Å²) in [5.74, 6) is 1.24. The van der Waals surface area contributed by atoms with Crippen molar-refractivity contribution in [3.63, 3.8) is 0 Å². The number of imidazole rings is 1. The van der Waals surface area contributed by atoms with Crippen LogP contribution in [-0.2, 0) is 18.4 Å². The van der Waals surface area contributed by atoms with Gasteiger partial charge in [0.05, 0.1) is 23.2 Å². The minimum absolute atomic E-state index is 0.0860. The van der Waals surface area contributed by atoms with E-state index in [1.54, 1.807) is 13.8 Å². The number of halogens is 1. The monoisotopic (exact) mass is 497 g/mol. The number of fused-ring (bicyclic) bond motifs is 2. The fraction of sp³-hybridized carbons (Fsp3) is 0.500.